The lowest BCUT2D eigenvalue weighted by Crippen LogP contribution is -2.25. The molecule has 106 valence electrons. The molecule has 1 aromatic rings. The Morgan fingerprint density at radius 1 is 1.32 bits per heavy atom. The third kappa shape index (κ3) is 2.95. The van der Waals surface area contributed by atoms with Gasteiger partial charge in [-0.15, -0.1) is 0 Å². The zero-order valence-corrected chi connectivity index (χ0v) is 11.9. The molecule has 3 atom stereocenters. The zero-order chi connectivity index (χ0) is 13.1. The van der Waals surface area contributed by atoms with Crippen molar-refractivity contribution in [2.45, 2.75) is 37.7 Å². The Hall–Kier alpha value is -0.590. The summed E-state index contributed by atoms with van der Waals surface area (Å²) in [5.41, 5.74) is 5.86. The number of ether oxygens (including phenoxy) is 1. The highest BCUT2D eigenvalue weighted by Crippen LogP contribution is 2.37. The van der Waals surface area contributed by atoms with Gasteiger partial charge >= 0.3 is 0 Å². The zero-order valence-electron chi connectivity index (χ0n) is 11.1. The van der Waals surface area contributed by atoms with E-state index in [4.69, 9.17) is 15.0 Å². The first-order valence-corrected chi connectivity index (χ1v) is 8.27. The predicted octanol–water partition coefficient (Wildman–Crippen LogP) is 2.11. The topological polar surface area (TPSA) is 74.2 Å². The first kappa shape index (κ1) is 13.4. The lowest BCUT2D eigenvalue weighted by atomic mass is 9.79. The molecule has 1 saturated heterocycles. The standard InChI is InChI=1S/C13H21N3O2S/c14-7-9-3-1-2-4-10(9)13-15-12(16-18-13)11-8-19-6-5-17-11/h9-11H,1-8,14H2. The molecule has 0 amide bonds. The van der Waals surface area contributed by atoms with Crippen LogP contribution in [-0.2, 0) is 4.74 Å². The fourth-order valence-corrected chi connectivity index (χ4v) is 3.82. The van der Waals surface area contributed by atoms with Crippen molar-refractivity contribution in [2.24, 2.45) is 11.7 Å². The maximum Gasteiger partial charge on any atom is 0.230 e. The molecule has 1 aromatic heterocycles. The van der Waals surface area contributed by atoms with Crippen molar-refractivity contribution in [3.63, 3.8) is 0 Å². The van der Waals surface area contributed by atoms with Gasteiger partial charge < -0.3 is 15.0 Å². The molecule has 3 unspecified atom stereocenters. The van der Waals surface area contributed by atoms with Gasteiger partial charge in [-0.2, -0.15) is 16.7 Å². The Morgan fingerprint density at radius 2 is 2.21 bits per heavy atom. The second-order valence-electron chi connectivity index (χ2n) is 5.31. The van der Waals surface area contributed by atoms with Gasteiger partial charge in [0, 0.05) is 17.4 Å². The van der Waals surface area contributed by atoms with Crippen molar-refractivity contribution < 1.29 is 9.26 Å². The second-order valence-corrected chi connectivity index (χ2v) is 6.46. The Bertz CT molecular complexity index is 406. The van der Waals surface area contributed by atoms with Gasteiger partial charge in [-0.3, -0.25) is 0 Å². The minimum absolute atomic E-state index is 0.00355. The van der Waals surface area contributed by atoms with Crippen LogP contribution in [-0.4, -0.2) is 34.8 Å². The van der Waals surface area contributed by atoms with Gasteiger partial charge in [0.25, 0.3) is 0 Å². The summed E-state index contributed by atoms with van der Waals surface area (Å²) in [5, 5.41) is 4.12. The Kier molecular flexibility index (Phi) is 4.40. The van der Waals surface area contributed by atoms with Crippen LogP contribution in [0.2, 0.25) is 0 Å². The van der Waals surface area contributed by atoms with Crippen molar-refractivity contribution in [3.8, 4) is 0 Å². The van der Waals surface area contributed by atoms with Crippen LogP contribution >= 0.6 is 11.8 Å². The fourth-order valence-electron chi connectivity index (χ4n) is 2.98. The van der Waals surface area contributed by atoms with E-state index in [0.29, 0.717) is 24.2 Å². The molecule has 19 heavy (non-hydrogen) atoms. The maximum absolute atomic E-state index is 5.86. The van der Waals surface area contributed by atoms with Crippen LogP contribution in [0.3, 0.4) is 0 Å². The quantitative estimate of drug-likeness (QED) is 0.915. The van der Waals surface area contributed by atoms with E-state index in [1.165, 1.54) is 19.3 Å². The molecule has 0 aromatic carbocycles. The molecule has 1 aliphatic heterocycles. The normalized spacial score (nSPS) is 32.4. The minimum atomic E-state index is -0.00355. The smallest absolute Gasteiger partial charge is 0.230 e. The summed E-state index contributed by atoms with van der Waals surface area (Å²) in [6, 6.07) is 0. The van der Waals surface area contributed by atoms with E-state index in [2.05, 4.69) is 10.1 Å². The molecule has 0 bridgehead atoms. The van der Waals surface area contributed by atoms with E-state index in [0.717, 1.165) is 30.4 Å². The van der Waals surface area contributed by atoms with E-state index in [-0.39, 0.29) is 6.10 Å². The Morgan fingerprint density at radius 3 is 3.00 bits per heavy atom. The average Bonchev–Trinajstić information content (AvgIpc) is 2.98. The molecule has 2 N–H and O–H groups in total. The SMILES string of the molecule is NCC1CCCCC1c1nc(C2CSCCO2)no1. The summed E-state index contributed by atoms with van der Waals surface area (Å²) < 4.78 is 11.2. The van der Waals surface area contributed by atoms with E-state index >= 15 is 0 Å². The number of thioether (sulfide) groups is 1. The van der Waals surface area contributed by atoms with Gasteiger partial charge in [0.05, 0.1) is 6.61 Å². The fraction of sp³-hybridized carbons (Fsp3) is 0.846. The summed E-state index contributed by atoms with van der Waals surface area (Å²) in [6.45, 7) is 1.48. The molecule has 2 fully saturated rings. The molecule has 1 aliphatic carbocycles. The lowest BCUT2D eigenvalue weighted by Gasteiger charge is -2.27. The van der Waals surface area contributed by atoms with Crippen LogP contribution in [0.25, 0.3) is 0 Å². The number of hydrogen-bond donors (Lipinski definition) is 1. The third-order valence-electron chi connectivity index (χ3n) is 4.09. The summed E-state index contributed by atoms with van der Waals surface area (Å²) in [4.78, 5) is 4.58. The molecule has 3 rings (SSSR count). The molecule has 5 nitrogen and oxygen atoms in total. The van der Waals surface area contributed by atoms with E-state index in [1.54, 1.807) is 0 Å². The molecule has 6 heteroatoms. The number of aromatic nitrogens is 2. The van der Waals surface area contributed by atoms with Crippen LogP contribution in [0.15, 0.2) is 4.52 Å². The molecular formula is C13H21N3O2S. The highest BCUT2D eigenvalue weighted by atomic mass is 32.2. The molecular weight excluding hydrogens is 262 g/mol. The minimum Gasteiger partial charge on any atom is -0.368 e. The van der Waals surface area contributed by atoms with Crippen molar-refractivity contribution in [1.82, 2.24) is 10.1 Å². The van der Waals surface area contributed by atoms with Gasteiger partial charge in [0.2, 0.25) is 11.7 Å². The van der Waals surface area contributed by atoms with Gasteiger partial charge in [0.1, 0.15) is 6.10 Å². The van der Waals surface area contributed by atoms with E-state index < -0.39 is 0 Å². The van der Waals surface area contributed by atoms with Crippen LogP contribution in [0.4, 0.5) is 0 Å². The third-order valence-corrected chi connectivity index (χ3v) is 5.08. The van der Waals surface area contributed by atoms with Gasteiger partial charge in [-0.05, 0) is 25.3 Å². The van der Waals surface area contributed by atoms with Crippen LogP contribution < -0.4 is 5.73 Å². The highest BCUT2D eigenvalue weighted by Gasteiger charge is 2.31. The molecule has 1 saturated carbocycles. The van der Waals surface area contributed by atoms with Gasteiger partial charge in [-0.1, -0.05) is 18.0 Å². The number of nitrogens with zero attached hydrogens (tertiary/aromatic N) is 2. The summed E-state index contributed by atoms with van der Waals surface area (Å²) >= 11 is 1.88. The molecule has 0 radical (unpaired) electrons. The summed E-state index contributed by atoms with van der Waals surface area (Å²) in [5.74, 6) is 4.29. The van der Waals surface area contributed by atoms with Crippen molar-refractivity contribution >= 4 is 11.8 Å². The maximum atomic E-state index is 5.86. The first-order valence-electron chi connectivity index (χ1n) is 7.11. The van der Waals surface area contributed by atoms with Crippen LogP contribution in [0, 0.1) is 5.92 Å². The van der Waals surface area contributed by atoms with Crippen molar-refractivity contribution in [1.29, 1.82) is 0 Å². The lowest BCUT2D eigenvalue weighted by molar-refractivity contribution is 0.0677. The largest absolute Gasteiger partial charge is 0.368 e. The van der Waals surface area contributed by atoms with E-state index in [1.807, 2.05) is 11.8 Å². The molecule has 2 heterocycles. The summed E-state index contributed by atoms with van der Waals surface area (Å²) in [7, 11) is 0. The van der Waals surface area contributed by atoms with E-state index in [9.17, 15) is 0 Å². The Balaban J connectivity index is 1.72. The second kappa shape index (κ2) is 6.24. The number of hydrogen-bond acceptors (Lipinski definition) is 6. The first-order chi connectivity index (χ1) is 9.38. The molecule has 0 spiro atoms. The number of nitrogens with two attached hydrogens (primary N) is 1. The van der Waals surface area contributed by atoms with Crippen LogP contribution in [0.1, 0.15) is 49.4 Å². The Labute approximate surface area is 117 Å². The number of rotatable bonds is 3. The van der Waals surface area contributed by atoms with Crippen molar-refractivity contribution in [3.05, 3.63) is 11.7 Å². The monoisotopic (exact) mass is 283 g/mol. The predicted molar refractivity (Wildman–Crippen MR) is 74.1 cm³/mol. The van der Waals surface area contributed by atoms with Crippen molar-refractivity contribution in [2.75, 3.05) is 24.7 Å². The summed E-state index contributed by atoms with van der Waals surface area (Å²) in [6.07, 6.45) is 4.78. The highest BCUT2D eigenvalue weighted by molar-refractivity contribution is 7.99. The van der Waals surface area contributed by atoms with Crippen LogP contribution in [0.5, 0.6) is 0 Å². The average molecular weight is 283 g/mol. The van der Waals surface area contributed by atoms with Gasteiger partial charge in [0.15, 0.2) is 0 Å². The molecule has 2 aliphatic rings. The van der Waals surface area contributed by atoms with Gasteiger partial charge in [-0.25, -0.2) is 0 Å².